The SMILES string of the molecule is Cl.Nc1ncc(CN2CCCc3ccccc32)s1. The predicted molar refractivity (Wildman–Crippen MR) is 79.6 cm³/mol. The Morgan fingerprint density at radius 3 is 2.94 bits per heavy atom. The fourth-order valence-electron chi connectivity index (χ4n) is 2.36. The molecule has 2 N–H and O–H groups in total. The van der Waals surface area contributed by atoms with Gasteiger partial charge in [-0.05, 0) is 24.5 Å². The number of aryl methyl sites for hydroxylation is 1. The van der Waals surface area contributed by atoms with E-state index >= 15 is 0 Å². The number of halogens is 1. The zero-order chi connectivity index (χ0) is 11.7. The number of anilines is 2. The summed E-state index contributed by atoms with van der Waals surface area (Å²) in [5.74, 6) is 0. The Morgan fingerprint density at radius 2 is 2.17 bits per heavy atom. The molecule has 3 rings (SSSR count). The average Bonchev–Trinajstić information content (AvgIpc) is 2.75. The van der Waals surface area contributed by atoms with E-state index in [-0.39, 0.29) is 12.4 Å². The molecule has 1 aromatic heterocycles. The highest BCUT2D eigenvalue weighted by Gasteiger charge is 2.16. The minimum Gasteiger partial charge on any atom is -0.375 e. The Balaban J connectivity index is 0.00000120. The van der Waals surface area contributed by atoms with Gasteiger partial charge in [0.1, 0.15) is 0 Å². The highest BCUT2D eigenvalue weighted by atomic mass is 35.5. The van der Waals surface area contributed by atoms with Crippen LogP contribution >= 0.6 is 23.7 Å². The third-order valence-electron chi connectivity index (χ3n) is 3.12. The van der Waals surface area contributed by atoms with Crippen LogP contribution < -0.4 is 10.6 Å². The maximum atomic E-state index is 5.67. The molecule has 1 aliphatic heterocycles. The number of nitrogens with two attached hydrogens (primary N) is 1. The van der Waals surface area contributed by atoms with Crippen molar-refractivity contribution >= 4 is 34.6 Å². The Bertz CT molecular complexity index is 526. The van der Waals surface area contributed by atoms with Crippen molar-refractivity contribution in [3.63, 3.8) is 0 Å². The number of para-hydroxylation sites is 1. The van der Waals surface area contributed by atoms with E-state index in [9.17, 15) is 0 Å². The quantitative estimate of drug-likeness (QED) is 0.920. The fraction of sp³-hybridized carbons (Fsp3) is 0.308. The number of aromatic nitrogens is 1. The summed E-state index contributed by atoms with van der Waals surface area (Å²) in [6.07, 6.45) is 4.31. The zero-order valence-corrected chi connectivity index (χ0v) is 11.6. The second-order valence-electron chi connectivity index (χ2n) is 4.32. The van der Waals surface area contributed by atoms with Crippen molar-refractivity contribution in [1.29, 1.82) is 0 Å². The summed E-state index contributed by atoms with van der Waals surface area (Å²) >= 11 is 1.58. The first-order valence-corrected chi connectivity index (χ1v) is 6.67. The third-order valence-corrected chi connectivity index (χ3v) is 3.94. The number of hydrogen-bond donors (Lipinski definition) is 1. The summed E-state index contributed by atoms with van der Waals surface area (Å²) in [7, 11) is 0. The lowest BCUT2D eigenvalue weighted by molar-refractivity contribution is 0.694. The van der Waals surface area contributed by atoms with Crippen LogP contribution in [0.3, 0.4) is 0 Å². The lowest BCUT2D eigenvalue weighted by atomic mass is 10.0. The molecule has 0 amide bonds. The van der Waals surface area contributed by atoms with Crippen LogP contribution in [0.5, 0.6) is 0 Å². The molecule has 96 valence electrons. The normalized spacial score (nSPS) is 13.9. The number of hydrogen-bond acceptors (Lipinski definition) is 4. The molecule has 0 radical (unpaired) electrons. The van der Waals surface area contributed by atoms with Crippen molar-refractivity contribution in [3.05, 3.63) is 40.9 Å². The second-order valence-corrected chi connectivity index (χ2v) is 5.47. The number of rotatable bonds is 2. The van der Waals surface area contributed by atoms with E-state index in [0.29, 0.717) is 5.13 Å². The highest BCUT2D eigenvalue weighted by molar-refractivity contribution is 7.15. The Kier molecular flexibility index (Phi) is 4.09. The van der Waals surface area contributed by atoms with Crippen molar-refractivity contribution in [3.8, 4) is 0 Å². The molecule has 1 aromatic carbocycles. The molecule has 0 saturated heterocycles. The Hall–Kier alpha value is -1.26. The van der Waals surface area contributed by atoms with E-state index in [1.54, 1.807) is 11.3 Å². The van der Waals surface area contributed by atoms with Crippen LogP contribution in [0.4, 0.5) is 10.8 Å². The standard InChI is InChI=1S/C13H15N3S.ClH/c14-13-15-8-11(17-13)9-16-7-3-5-10-4-1-2-6-12(10)16;/h1-2,4,6,8H,3,5,7,9H2,(H2,14,15);1H. The molecule has 1 aliphatic rings. The zero-order valence-electron chi connectivity index (χ0n) is 10.0. The molecule has 2 heterocycles. The van der Waals surface area contributed by atoms with Crippen LogP contribution in [0.15, 0.2) is 30.5 Å². The lowest BCUT2D eigenvalue weighted by Crippen LogP contribution is -2.28. The average molecular weight is 282 g/mol. The number of fused-ring (bicyclic) bond motifs is 1. The molecule has 18 heavy (non-hydrogen) atoms. The van der Waals surface area contributed by atoms with Crippen molar-refractivity contribution < 1.29 is 0 Å². The molecule has 0 saturated carbocycles. The van der Waals surface area contributed by atoms with Crippen LogP contribution in [0.1, 0.15) is 16.9 Å². The summed E-state index contributed by atoms with van der Waals surface area (Å²) in [6, 6.07) is 8.66. The van der Waals surface area contributed by atoms with Crippen LogP contribution in [0, 0.1) is 0 Å². The monoisotopic (exact) mass is 281 g/mol. The fourth-order valence-corrected chi connectivity index (χ4v) is 3.06. The molecular formula is C13H16ClN3S. The van der Waals surface area contributed by atoms with Crippen LogP contribution in [0.25, 0.3) is 0 Å². The summed E-state index contributed by atoms with van der Waals surface area (Å²) in [6.45, 7) is 2.04. The lowest BCUT2D eigenvalue weighted by Gasteiger charge is -2.30. The van der Waals surface area contributed by atoms with Gasteiger partial charge in [-0.2, -0.15) is 0 Å². The van der Waals surface area contributed by atoms with Gasteiger partial charge in [-0.25, -0.2) is 4.98 Å². The Labute approximate surface area is 117 Å². The largest absolute Gasteiger partial charge is 0.375 e. The summed E-state index contributed by atoms with van der Waals surface area (Å²) in [4.78, 5) is 7.77. The first-order valence-electron chi connectivity index (χ1n) is 5.86. The number of nitrogens with zero attached hydrogens (tertiary/aromatic N) is 2. The van der Waals surface area contributed by atoms with Crippen molar-refractivity contribution in [2.75, 3.05) is 17.2 Å². The van der Waals surface area contributed by atoms with Gasteiger partial charge in [-0.1, -0.05) is 18.2 Å². The van der Waals surface area contributed by atoms with Gasteiger partial charge in [0.15, 0.2) is 5.13 Å². The molecule has 0 fully saturated rings. The van der Waals surface area contributed by atoms with E-state index in [1.807, 2.05) is 6.20 Å². The van der Waals surface area contributed by atoms with Crippen molar-refractivity contribution in [2.24, 2.45) is 0 Å². The van der Waals surface area contributed by atoms with Gasteiger partial charge in [0, 0.05) is 23.3 Å². The molecule has 5 heteroatoms. The number of benzene rings is 1. The predicted octanol–water partition coefficient (Wildman–Crippen LogP) is 3.10. The summed E-state index contributed by atoms with van der Waals surface area (Å²) in [5.41, 5.74) is 8.49. The summed E-state index contributed by atoms with van der Waals surface area (Å²) in [5, 5.41) is 0.658. The Morgan fingerprint density at radius 1 is 1.33 bits per heavy atom. The minimum atomic E-state index is 0. The first-order chi connectivity index (χ1) is 8.33. The second kappa shape index (κ2) is 5.59. The van der Waals surface area contributed by atoms with Crippen LogP contribution in [-0.2, 0) is 13.0 Å². The molecule has 0 unspecified atom stereocenters. The van der Waals surface area contributed by atoms with Crippen molar-refractivity contribution in [2.45, 2.75) is 19.4 Å². The smallest absolute Gasteiger partial charge is 0.180 e. The van der Waals surface area contributed by atoms with Gasteiger partial charge in [0.25, 0.3) is 0 Å². The first kappa shape index (κ1) is 13.2. The van der Waals surface area contributed by atoms with E-state index in [1.165, 1.54) is 29.0 Å². The molecule has 3 nitrogen and oxygen atoms in total. The molecular weight excluding hydrogens is 266 g/mol. The van der Waals surface area contributed by atoms with E-state index in [4.69, 9.17) is 5.73 Å². The van der Waals surface area contributed by atoms with Gasteiger partial charge in [-0.15, -0.1) is 23.7 Å². The minimum absolute atomic E-state index is 0. The van der Waals surface area contributed by atoms with Crippen molar-refractivity contribution in [1.82, 2.24) is 4.98 Å². The maximum Gasteiger partial charge on any atom is 0.180 e. The maximum absolute atomic E-state index is 5.67. The third kappa shape index (κ3) is 2.60. The van der Waals surface area contributed by atoms with Crippen LogP contribution in [-0.4, -0.2) is 11.5 Å². The summed E-state index contributed by atoms with van der Waals surface area (Å²) < 4.78 is 0. The van der Waals surface area contributed by atoms with Gasteiger partial charge < -0.3 is 10.6 Å². The molecule has 0 spiro atoms. The molecule has 0 atom stereocenters. The van der Waals surface area contributed by atoms with Gasteiger partial charge >= 0.3 is 0 Å². The van der Waals surface area contributed by atoms with E-state index < -0.39 is 0 Å². The van der Waals surface area contributed by atoms with Crippen LogP contribution in [0.2, 0.25) is 0 Å². The van der Waals surface area contributed by atoms with Gasteiger partial charge in [-0.3, -0.25) is 0 Å². The highest BCUT2D eigenvalue weighted by Crippen LogP contribution is 2.29. The van der Waals surface area contributed by atoms with E-state index in [0.717, 1.165) is 13.1 Å². The van der Waals surface area contributed by atoms with Gasteiger partial charge in [0.05, 0.1) is 6.54 Å². The topological polar surface area (TPSA) is 42.1 Å². The molecule has 0 bridgehead atoms. The molecule has 2 aromatic rings. The van der Waals surface area contributed by atoms with Gasteiger partial charge in [0.2, 0.25) is 0 Å². The molecule has 0 aliphatic carbocycles. The number of nitrogen functional groups attached to an aromatic ring is 1. The van der Waals surface area contributed by atoms with E-state index in [2.05, 4.69) is 34.1 Å². The number of thiazole rings is 1.